The highest BCUT2D eigenvalue weighted by atomic mass is 16.7. The molecule has 0 aliphatic heterocycles. The Morgan fingerprint density at radius 3 is 0.522 bits per heavy atom. The van der Waals surface area contributed by atoms with Crippen molar-refractivity contribution in [3.8, 4) is 34.5 Å². The van der Waals surface area contributed by atoms with Crippen molar-refractivity contribution in [2.75, 3.05) is 0 Å². The monoisotopic (exact) mass is 936 g/mol. The summed E-state index contributed by atoms with van der Waals surface area (Å²) in [5.41, 5.74) is 5.38. The zero-order valence-electron chi connectivity index (χ0n) is 41.3. The second-order valence-electron chi connectivity index (χ2n) is 17.8. The van der Waals surface area contributed by atoms with Crippen molar-refractivity contribution in [3.05, 3.63) is 179 Å². The largest absolute Gasteiger partial charge is 0.519 e. The average Bonchev–Trinajstić information content (AvgIpc) is 3.27. The van der Waals surface area contributed by atoms with Gasteiger partial charge in [0, 0.05) is 43.9 Å². The summed E-state index contributed by atoms with van der Waals surface area (Å²) in [6.07, 6.45) is -0.837. The molecular formula is C57H60O12. The zero-order valence-corrected chi connectivity index (χ0v) is 41.3. The van der Waals surface area contributed by atoms with E-state index in [4.69, 9.17) is 28.4 Å². The third kappa shape index (κ3) is 16.2. The van der Waals surface area contributed by atoms with Gasteiger partial charge in [0.1, 0.15) is 40.3 Å². The number of carbonyl (C=O) groups is 6. The van der Waals surface area contributed by atoms with Crippen LogP contribution in [-0.2, 0) is 40.2 Å². The van der Waals surface area contributed by atoms with Crippen LogP contribution in [0.3, 0.4) is 0 Å². The second kappa shape index (κ2) is 23.7. The summed E-state index contributed by atoms with van der Waals surface area (Å²) in [5, 5.41) is 0. The summed E-state index contributed by atoms with van der Waals surface area (Å²) in [7, 11) is 0. The fraction of sp³-hybridized carbons (Fsp3) is 0.263. The van der Waals surface area contributed by atoms with Crippen molar-refractivity contribution in [1.82, 2.24) is 0 Å². The van der Waals surface area contributed by atoms with Gasteiger partial charge in [-0.05, 0) is 120 Å². The molecule has 6 aromatic rings. The Morgan fingerprint density at radius 1 is 0.261 bits per heavy atom. The van der Waals surface area contributed by atoms with Crippen LogP contribution in [0.1, 0.15) is 116 Å². The second-order valence-corrected chi connectivity index (χ2v) is 17.8. The van der Waals surface area contributed by atoms with Crippen molar-refractivity contribution in [2.45, 2.75) is 99.3 Å². The fourth-order valence-corrected chi connectivity index (χ4v) is 7.02. The van der Waals surface area contributed by atoms with E-state index in [1.54, 1.807) is 72.8 Å². The molecule has 69 heavy (non-hydrogen) atoms. The van der Waals surface area contributed by atoms with Crippen molar-refractivity contribution < 1.29 is 57.2 Å². The van der Waals surface area contributed by atoms with Crippen molar-refractivity contribution in [1.29, 1.82) is 0 Å². The average molecular weight is 937 g/mol. The Hall–Kier alpha value is -7.86. The van der Waals surface area contributed by atoms with Crippen molar-refractivity contribution in [3.63, 3.8) is 0 Å². The first-order chi connectivity index (χ1) is 32.4. The lowest BCUT2D eigenvalue weighted by Crippen LogP contribution is -2.19. The standard InChI is InChI=1S/C35H34O7.C19H20O4.C3H6O/c1-23(36)39-29-15-7-25(8-16-29)34(3,4)27-11-19-31(20-12-27)41-33(38)42-32-21-13-28(14-22-32)35(5,6)26-9-17-30(18-10-26)40-24(2)37;1-13(20)22-17-9-5-15(6-10-17)19(3,4)16-7-11-18(12-8-16)23-14(2)21;1-3(2)4/h7-22H,1-6H3;5-12H,1-4H3;1-2H3. The van der Waals surface area contributed by atoms with Crippen molar-refractivity contribution >= 4 is 35.8 Å². The van der Waals surface area contributed by atoms with Gasteiger partial charge in [0.25, 0.3) is 0 Å². The zero-order chi connectivity index (χ0) is 51.1. The molecule has 0 aliphatic carbocycles. The van der Waals surface area contributed by atoms with Crippen LogP contribution in [0.15, 0.2) is 146 Å². The number of benzene rings is 6. The van der Waals surface area contributed by atoms with Gasteiger partial charge in [-0.25, -0.2) is 4.79 Å². The van der Waals surface area contributed by atoms with E-state index >= 15 is 0 Å². The van der Waals surface area contributed by atoms with E-state index in [9.17, 15) is 28.8 Å². The lowest BCUT2D eigenvalue weighted by molar-refractivity contribution is -0.132. The molecule has 0 aromatic heterocycles. The van der Waals surface area contributed by atoms with Gasteiger partial charge in [-0.1, -0.05) is 114 Å². The molecule has 12 nitrogen and oxygen atoms in total. The third-order valence-corrected chi connectivity index (χ3v) is 10.9. The van der Waals surface area contributed by atoms with Crippen LogP contribution in [0, 0.1) is 0 Å². The van der Waals surface area contributed by atoms with Gasteiger partial charge in [0.05, 0.1) is 0 Å². The van der Waals surface area contributed by atoms with E-state index in [2.05, 4.69) is 41.5 Å². The Bertz CT molecular complexity index is 2510. The topological polar surface area (TPSA) is 158 Å². The van der Waals surface area contributed by atoms with Gasteiger partial charge in [0.15, 0.2) is 0 Å². The molecule has 6 aromatic carbocycles. The molecule has 12 heteroatoms. The van der Waals surface area contributed by atoms with E-state index in [0.717, 1.165) is 33.4 Å². The highest BCUT2D eigenvalue weighted by Gasteiger charge is 2.26. The predicted octanol–water partition coefficient (Wildman–Crippen LogP) is 12.2. The van der Waals surface area contributed by atoms with E-state index in [0.29, 0.717) is 34.5 Å². The van der Waals surface area contributed by atoms with Gasteiger partial charge in [0.2, 0.25) is 0 Å². The minimum absolute atomic E-state index is 0.167. The number of rotatable bonds is 12. The molecule has 0 saturated carbocycles. The summed E-state index contributed by atoms with van der Waals surface area (Å²) in [4.78, 5) is 66.2. The fourth-order valence-electron chi connectivity index (χ4n) is 7.02. The SMILES string of the molecule is CC(=O)Oc1ccc(C(C)(C)c2ccc(OC(=O)Oc3ccc(C(C)(C)c4ccc(OC(C)=O)cc4)cc3)cc2)cc1.CC(=O)Oc1ccc(C(C)(C)c2ccc(OC(C)=O)cc2)cc1.CC(C)=O. The van der Waals surface area contributed by atoms with Crippen LogP contribution in [-0.4, -0.2) is 35.8 Å². The maximum absolute atomic E-state index is 12.5. The highest BCUT2D eigenvalue weighted by Crippen LogP contribution is 2.36. The molecule has 0 fully saturated rings. The number of ketones is 1. The van der Waals surface area contributed by atoms with Crippen molar-refractivity contribution in [2.24, 2.45) is 0 Å². The number of ether oxygens (including phenoxy) is 6. The van der Waals surface area contributed by atoms with Crippen LogP contribution in [0.2, 0.25) is 0 Å². The summed E-state index contributed by atoms with van der Waals surface area (Å²) in [6.45, 7) is 21.1. The Kier molecular flexibility index (Phi) is 18.5. The first-order valence-electron chi connectivity index (χ1n) is 22.1. The Balaban J connectivity index is 0.000000322. The quantitative estimate of drug-likeness (QED) is 0.0650. The third-order valence-electron chi connectivity index (χ3n) is 10.9. The first-order valence-corrected chi connectivity index (χ1v) is 22.1. The van der Waals surface area contributed by atoms with E-state index < -0.39 is 6.16 Å². The number of Topliss-reactive ketones (excluding diaryl/α,β-unsaturated/α-hetero) is 1. The van der Waals surface area contributed by atoms with Crippen LogP contribution >= 0.6 is 0 Å². The number of carbonyl (C=O) groups excluding carboxylic acids is 6. The summed E-state index contributed by atoms with van der Waals surface area (Å²) in [5.74, 6) is 1.54. The van der Waals surface area contributed by atoms with E-state index in [1.807, 2.05) is 72.8 Å². The van der Waals surface area contributed by atoms with Gasteiger partial charge < -0.3 is 33.2 Å². The lowest BCUT2D eigenvalue weighted by atomic mass is 9.78. The van der Waals surface area contributed by atoms with Gasteiger partial charge in [-0.2, -0.15) is 0 Å². The molecule has 0 saturated heterocycles. The molecule has 360 valence electrons. The summed E-state index contributed by atoms with van der Waals surface area (Å²) < 4.78 is 31.2. The van der Waals surface area contributed by atoms with Crippen LogP contribution < -0.4 is 28.4 Å². The summed E-state index contributed by atoms with van der Waals surface area (Å²) >= 11 is 0. The molecule has 0 amide bonds. The molecule has 0 unspecified atom stereocenters. The normalized spacial score (nSPS) is 11.0. The Morgan fingerprint density at radius 2 is 0.391 bits per heavy atom. The molecule has 0 N–H and O–H groups in total. The maximum atomic E-state index is 12.5. The molecule has 0 bridgehead atoms. The number of hydrogen-bond donors (Lipinski definition) is 0. The molecule has 0 heterocycles. The predicted molar refractivity (Wildman–Crippen MR) is 263 cm³/mol. The molecule has 0 aliphatic rings. The number of esters is 4. The van der Waals surface area contributed by atoms with Crippen LogP contribution in [0.4, 0.5) is 4.79 Å². The maximum Gasteiger partial charge on any atom is 0.519 e. The van der Waals surface area contributed by atoms with Crippen LogP contribution in [0.5, 0.6) is 34.5 Å². The molecule has 0 atom stereocenters. The van der Waals surface area contributed by atoms with Gasteiger partial charge in [-0.15, -0.1) is 0 Å². The first kappa shape index (κ1) is 53.8. The van der Waals surface area contributed by atoms with Gasteiger partial charge in [-0.3, -0.25) is 19.2 Å². The molecule has 0 spiro atoms. The summed E-state index contributed by atoms with van der Waals surface area (Å²) in [6, 6.07) is 44.2. The smallest absolute Gasteiger partial charge is 0.427 e. The van der Waals surface area contributed by atoms with Crippen LogP contribution in [0.25, 0.3) is 0 Å². The van der Waals surface area contributed by atoms with E-state index in [1.165, 1.54) is 41.5 Å². The van der Waals surface area contributed by atoms with E-state index in [-0.39, 0.29) is 45.9 Å². The lowest BCUT2D eigenvalue weighted by Gasteiger charge is -2.26. The highest BCUT2D eigenvalue weighted by molar-refractivity contribution is 5.72. The minimum Gasteiger partial charge on any atom is -0.427 e. The number of hydrogen-bond acceptors (Lipinski definition) is 12. The molecule has 0 radical (unpaired) electrons. The molecule has 6 rings (SSSR count). The molecular weight excluding hydrogens is 877 g/mol. The van der Waals surface area contributed by atoms with Gasteiger partial charge >= 0.3 is 30.0 Å². The Labute approximate surface area is 404 Å². The minimum atomic E-state index is -0.837.